The first-order chi connectivity index (χ1) is 7.27. The van der Waals surface area contributed by atoms with Crippen molar-refractivity contribution in [1.29, 1.82) is 0 Å². The molecule has 1 aliphatic rings. The number of rotatable bonds is 3. The van der Waals surface area contributed by atoms with Crippen molar-refractivity contribution in [3.8, 4) is 0 Å². The number of carbonyl (C=O) groups is 1. The standard InChI is InChI=1S/C8H11N3O2S2/c12-7(13)3-6-4-14-2-1-11(6)8-9-5-10-15-8/h5-6H,1-4H2,(H,12,13). The number of carboxylic acid groups (broad SMARTS) is 1. The summed E-state index contributed by atoms with van der Waals surface area (Å²) in [4.78, 5) is 16.9. The molecular weight excluding hydrogens is 234 g/mol. The number of aliphatic carboxylic acids is 1. The Kier molecular flexibility index (Phi) is 3.42. The number of thioether (sulfide) groups is 1. The summed E-state index contributed by atoms with van der Waals surface area (Å²) in [6, 6.07) is 0.0502. The Morgan fingerprint density at radius 1 is 1.73 bits per heavy atom. The molecule has 5 nitrogen and oxygen atoms in total. The lowest BCUT2D eigenvalue weighted by atomic mass is 10.2. The first-order valence-electron chi connectivity index (χ1n) is 4.60. The molecule has 2 heterocycles. The Morgan fingerprint density at radius 3 is 3.27 bits per heavy atom. The van der Waals surface area contributed by atoms with Crippen LogP contribution in [0.25, 0.3) is 0 Å². The first-order valence-corrected chi connectivity index (χ1v) is 6.53. The normalized spacial score (nSPS) is 21.6. The van der Waals surface area contributed by atoms with Crippen LogP contribution in [-0.2, 0) is 4.79 Å². The zero-order valence-corrected chi connectivity index (χ0v) is 9.63. The lowest BCUT2D eigenvalue weighted by molar-refractivity contribution is -0.137. The Hall–Kier alpha value is -0.820. The molecule has 1 saturated heterocycles. The highest BCUT2D eigenvalue weighted by molar-refractivity contribution is 7.99. The molecule has 0 radical (unpaired) electrons. The quantitative estimate of drug-likeness (QED) is 0.854. The van der Waals surface area contributed by atoms with Crippen molar-refractivity contribution in [2.45, 2.75) is 12.5 Å². The molecule has 7 heteroatoms. The van der Waals surface area contributed by atoms with Gasteiger partial charge in [0.15, 0.2) is 0 Å². The fourth-order valence-electron chi connectivity index (χ4n) is 1.57. The molecule has 2 rings (SSSR count). The Balaban J connectivity index is 2.09. The molecule has 0 spiro atoms. The predicted octanol–water partition coefficient (Wildman–Crippen LogP) is 0.935. The van der Waals surface area contributed by atoms with E-state index in [1.54, 1.807) is 11.8 Å². The van der Waals surface area contributed by atoms with Crippen molar-refractivity contribution < 1.29 is 9.90 Å². The van der Waals surface area contributed by atoms with Crippen LogP contribution in [-0.4, -0.2) is 44.5 Å². The van der Waals surface area contributed by atoms with E-state index >= 15 is 0 Å². The number of anilines is 1. The van der Waals surface area contributed by atoms with Crippen LogP contribution < -0.4 is 4.90 Å². The summed E-state index contributed by atoms with van der Waals surface area (Å²) < 4.78 is 3.95. The topological polar surface area (TPSA) is 66.3 Å². The molecule has 0 aromatic carbocycles. The summed E-state index contributed by atoms with van der Waals surface area (Å²) in [5.41, 5.74) is 0. The van der Waals surface area contributed by atoms with Gasteiger partial charge in [0.25, 0.3) is 0 Å². The minimum atomic E-state index is -0.753. The molecule has 1 N–H and O–H groups in total. The third-order valence-electron chi connectivity index (χ3n) is 2.23. The van der Waals surface area contributed by atoms with E-state index in [4.69, 9.17) is 5.11 Å². The summed E-state index contributed by atoms with van der Waals surface area (Å²) in [5.74, 6) is 1.12. The van der Waals surface area contributed by atoms with Crippen LogP contribution in [0.1, 0.15) is 6.42 Å². The molecule has 15 heavy (non-hydrogen) atoms. The van der Waals surface area contributed by atoms with Crippen LogP contribution in [0.3, 0.4) is 0 Å². The van der Waals surface area contributed by atoms with E-state index in [2.05, 4.69) is 14.3 Å². The maximum absolute atomic E-state index is 10.7. The SMILES string of the molecule is O=C(O)CC1CSCCN1c1ncns1. The van der Waals surface area contributed by atoms with Gasteiger partial charge in [-0.2, -0.15) is 16.1 Å². The maximum atomic E-state index is 10.7. The van der Waals surface area contributed by atoms with Crippen molar-refractivity contribution in [1.82, 2.24) is 9.36 Å². The van der Waals surface area contributed by atoms with E-state index in [1.807, 2.05) is 0 Å². The molecule has 0 aliphatic carbocycles. The van der Waals surface area contributed by atoms with Crippen LogP contribution >= 0.6 is 23.3 Å². The number of carboxylic acids is 1. The lowest BCUT2D eigenvalue weighted by Gasteiger charge is -2.33. The van der Waals surface area contributed by atoms with Gasteiger partial charge in [0, 0.05) is 29.6 Å². The zero-order chi connectivity index (χ0) is 10.7. The van der Waals surface area contributed by atoms with Crippen LogP contribution in [0.15, 0.2) is 6.33 Å². The summed E-state index contributed by atoms with van der Waals surface area (Å²) >= 11 is 3.12. The molecular formula is C8H11N3O2S2. The molecule has 1 atom stereocenters. The van der Waals surface area contributed by atoms with Crippen LogP contribution in [0.2, 0.25) is 0 Å². The smallest absolute Gasteiger partial charge is 0.305 e. The third-order valence-corrected chi connectivity index (χ3v) is 4.03. The summed E-state index contributed by atoms with van der Waals surface area (Å²) in [7, 11) is 0. The first kappa shape index (κ1) is 10.7. The van der Waals surface area contributed by atoms with Crippen molar-refractivity contribution in [3.63, 3.8) is 0 Å². The van der Waals surface area contributed by atoms with E-state index < -0.39 is 5.97 Å². The van der Waals surface area contributed by atoms with Gasteiger partial charge in [0.1, 0.15) is 6.33 Å². The highest BCUT2D eigenvalue weighted by Gasteiger charge is 2.26. The Labute approximate surface area is 95.7 Å². The van der Waals surface area contributed by atoms with Gasteiger partial charge in [0.05, 0.1) is 12.5 Å². The monoisotopic (exact) mass is 245 g/mol. The molecule has 1 fully saturated rings. The molecule has 0 bridgehead atoms. The Morgan fingerprint density at radius 2 is 2.60 bits per heavy atom. The second-order valence-corrected chi connectivity index (χ2v) is 5.15. The molecule has 82 valence electrons. The maximum Gasteiger partial charge on any atom is 0.305 e. The molecule has 0 amide bonds. The average Bonchev–Trinajstić information content (AvgIpc) is 2.70. The van der Waals surface area contributed by atoms with Gasteiger partial charge < -0.3 is 10.0 Å². The van der Waals surface area contributed by atoms with Crippen molar-refractivity contribution >= 4 is 34.4 Å². The van der Waals surface area contributed by atoms with Gasteiger partial charge in [-0.1, -0.05) is 0 Å². The lowest BCUT2D eigenvalue weighted by Crippen LogP contribution is -2.43. The molecule has 0 saturated carbocycles. The summed E-state index contributed by atoms with van der Waals surface area (Å²) in [6.45, 7) is 0.859. The van der Waals surface area contributed by atoms with Crippen molar-refractivity contribution in [2.24, 2.45) is 0 Å². The number of hydrogen-bond donors (Lipinski definition) is 1. The van der Waals surface area contributed by atoms with Gasteiger partial charge in [-0.15, -0.1) is 0 Å². The fraction of sp³-hybridized carbons (Fsp3) is 0.625. The summed E-state index contributed by atoms with van der Waals surface area (Å²) in [5, 5.41) is 9.65. The van der Waals surface area contributed by atoms with E-state index in [9.17, 15) is 4.79 Å². The summed E-state index contributed by atoms with van der Waals surface area (Å²) in [6.07, 6.45) is 1.69. The van der Waals surface area contributed by atoms with E-state index in [0.29, 0.717) is 0 Å². The predicted molar refractivity (Wildman–Crippen MR) is 60.6 cm³/mol. The molecule has 1 aliphatic heterocycles. The van der Waals surface area contributed by atoms with E-state index in [-0.39, 0.29) is 12.5 Å². The largest absolute Gasteiger partial charge is 0.481 e. The fourth-order valence-corrected chi connectivity index (χ4v) is 3.26. The number of nitrogens with zero attached hydrogens (tertiary/aromatic N) is 3. The van der Waals surface area contributed by atoms with E-state index in [1.165, 1.54) is 17.9 Å². The molecule has 1 aromatic rings. The van der Waals surface area contributed by atoms with Gasteiger partial charge in [-0.3, -0.25) is 4.79 Å². The van der Waals surface area contributed by atoms with Gasteiger partial charge >= 0.3 is 5.97 Å². The van der Waals surface area contributed by atoms with Crippen molar-refractivity contribution in [3.05, 3.63) is 6.33 Å². The Bertz CT molecular complexity index is 331. The number of aromatic nitrogens is 2. The minimum Gasteiger partial charge on any atom is -0.481 e. The van der Waals surface area contributed by atoms with Gasteiger partial charge in [-0.05, 0) is 0 Å². The second kappa shape index (κ2) is 4.80. The van der Waals surface area contributed by atoms with Gasteiger partial charge in [-0.25, -0.2) is 4.98 Å². The molecule has 1 unspecified atom stereocenters. The van der Waals surface area contributed by atoms with Gasteiger partial charge in [0.2, 0.25) is 5.13 Å². The highest BCUT2D eigenvalue weighted by Crippen LogP contribution is 2.26. The van der Waals surface area contributed by atoms with E-state index in [0.717, 1.165) is 23.2 Å². The number of hydrogen-bond acceptors (Lipinski definition) is 6. The van der Waals surface area contributed by atoms with Crippen LogP contribution in [0, 0.1) is 0 Å². The van der Waals surface area contributed by atoms with Crippen LogP contribution in [0.5, 0.6) is 0 Å². The highest BCUT2D eigenvalue weighted by atomic mass is 32.2. The second-order valence-electron chi connectivity index (χ2n) is 3.24. The minimum absolute atomic E-state index is 0.0502. The molecule has 1 aromatic heterocycles. The average molecular weight is 245 g/mol. The van der Waals surface area contributed by atoms with Crippen molar-refractivity contribution in [2.75, 3.05) is 23.0 Å². The zero-order valence-electron chi connectivity index (χ0n) is 8.00. The van der Waals surface area contributed by atoms with Crippen LogP contribution in [0.4, 0.5) is 5.13 Å². The third kappa shape index (κ3) is 2.60.